The first-order chi connectivity index (χ1) is 21.8. The van der Waals surface area contributed by atoms with Crippen LogP contribution in [0, 0.1) is 0 Å². The molecule has 0 radical (unpaired) electrons. The number of benzene rings is 5. The third-order valence-electron chi connectivity index (χ3n) is 8.60. The van der Waals surface area contributed by atoms with Crippen molar-refractivity contribution in [2.24, 2.45) is 0 Å². The Labute approximate surface area is 254 Å². The zero-order valence-corrected chi connectivity index (χ0v) is 23.8. The normalized spacial score (nSPS) is 11.6. The van der Waals surface area contributed by atoms with Gasteiger partial charge in [-0.2, -0.15) is 0 Å². The predicted octanol–water partition coefficient (Wildman–Crippen LogP) is 10.0. The van der Waals surface area contributed by atoms with Gasteiger partial charge in [-0.05, 0) is 89.0 Å². The van der Waals surface area contributed by atoms with Gasteiger partial charge in [-0.25, -0.2) is 0 Å². The maximum atomic E-state index is 4.84. The van der Waals surface area contributed by atoms with E-state index in [1.54, 1.807) is 0 Å². The number of fused-ring (bicyclic) bond motifs is 6. The smallest absolute Gasteiger partial charge is 0.0963 e. The summed E-state index contributed by atoms with van der Waals surface area (Å²) in [5.74, 6) is 0. The highest BCUT2D eigenvalue weighted by Crippen LogP contribution is 2.37. The summed E-state index contributed by atoms with van der Waals surface area (Å²) in [5.41, 5.74) is 13.4. The Morgan fingerprint density at radius 1 is 0.341 bits per heavy atom. The number of pyridine rings is 2. The molecule has 0 bridgehead atoms. The fourth-order valence-electron chi connectivity index (χ4n) is 6.62. The second-order valence-electron chi connectivity index (χ2n) is 11.1. The largest absolute Gasteiger partial charge is 0.308 e. The summed E-state index contributed by atoms with van der Waals surface area (Å²) in [4.78, 5) is 9.69. The minimum atomic E-state index is 1.00. The summed E-state index contributed by atoms with van der Waals surface area (Å²) in [5, 5.41) is 2.28. The van der Waals surface area contributed by atoms with Gasteiger partial charge in [-0.1, -0.05) is 78.9 Å². The monoisotopic (exact) mass is 562 g/mol. The van der Waals surface area contributed by atoms with E-state index in [0.717, 1.165) is 55.2 Å². The average molecular weight is 563 g/mol. The van der Waals surface area contributed by atoms with E-state index in [1.165, 1.54) is 22.3 Å². The Hall–Kier alpha value is -6.00. The van der Waals surface area contributed by atoms with Gasteiger partial charge < -0.3 is 9.13 Å². The van der Waals surface area contributed by atoms with Crippen LogP contribution >= 0.6 is 0 Å². The van der Waals surface area contributed by atoms with Crippen molar-refractivity contribution in [3.63, 3.8) is 0 Å². The zero-order chi connectivity index (χ0) is 29.0. The highest BCUT2D eigenvalue weighted by atomic mass is 15.0. The van der Waals surface area contributed by atoms with Crippen LogP contribution in [0.3, 0.4) is 0 Å². The van der Waals surface area contributed by atoms with Gasteiger partial charge in [0.1, 0.15) is 0 Å². The van der Waals surface area contributed by atoms with Gasteiger partial charge in [-0.15, -0.1) is 0 Å². The molecule has 0 fully saturated rings. The van der Waals surface area contributed by atoms with Crippen molar-refractivity contribution in [1.82, 2.24) is 19.1 Å². The Balaban J connectivity index is 1.25. The van der Waals surface area contributed by atoms with E-state index in [2.05, 4.69) is 143 Å². The van der Waals surface area contributed by atoms with Gasteiger partial charge in [0.2, 0.25) is 0 Å². The Bertz CT molecular complexity index is 2320. The molecule has 9 aromatic rings. The number of hydrogen-bond donors (Lipinski definition) is 0. The molecule has 0 aliphatic rings. The summed E-state index contributed by atoms with van der Waals surface area (Å²) in [6, 6.07) is 51.6. The first-order valence-corrected chi connectivity index (χ1v) is 14.8. The van der Waals surface area contributed by atoms with Crippen LogP contribution in [0.5, 0.6) is 0 Å². The summed E-state index contributed by atoms with van der Waals surface area (Å²) in [6.45, 7) is 0. The van der Waals surface area contributed by atoms with Crippen molar-refractivity contribution in [1.29, 1.82) is 0 Å². The lowest BCUT2D eigenvalue weighted by Crippen LogP contribution is -1.98. The highest BCUT2D eigenvalue weighted by molar-refractivity contribution is 6.09. The fourth-order valence-corrected chi connectivity index (χ4v) is 6.62. The van der Waals surface area contributed by atoms with E-state index in [4.69, 9.17) is 9.97 Å². The number of nitrogens with zero attached hydrogens (tertiary/aromatic N) is 4. The van der Waals surface area contributed by atoms with Crippen LogP contribution in [0.1, 0.15) is 0 Å². The molecular formula is C40H26N4. The van der Waals surface area contributed by atoms with Crippen LogP contribution in [-0.4, -0.2) is 19.1 Å². The summed E-state index contributed by atoms with van der Waals surface area (Å²) in [7, 11) is 0. The molecule has 0 N–H and O–H groups in total. The van der Waals surface area contributed by atoms with Crippen molar-refractivity contribution < 1.29 is 0 Å². The zero-order valence-electron chi connectivity index (χ0n) is 23.8. The number of hydrogen-bond acceptors (Lipinski definition) is 2. The van der Waals surface area contributed by atoms with Gasteiger partial charge >= 0.3 is 0 Å². The molecule has 0 spiro atoms. The maximum absolute atomic E-state index is 4.84. The lowest BCUT2D eigenvalue weighted by Gasteiger charge is -2.13. The molecule has 9 rings (SSSR count). The molecule has 0 saturated heterocycles. The van der Waals surface area contributed by atoms with Gasteiger partial charge in [-0.3, -0.25) is 9.97 Å². The number of aromatic nitrogens is 4. The van der Waals surface area contributed by atoms with Crippen molar-refractivity contribution >= 4 is 43.9 Å². The van der Waals surface area contributed by atoms with Crippen LogP contribution < -0.4 is 0 Å². The Morgan fingerprint density at radius 3 is 1.30 bits per heavy atom. The van der Waals surface area contributed by atoms with E-state index in [-0.39, 0.29) is 0 Å². The lowest BCUT2D eigenvalue weighted by atomic mass is 10.0. The standard InChI is InChI=1S/C40H26N4/c1-3-10-27(11-4-1)29-18-20-35-33(24-29)39-37(16-8-22-41-39)43(35)31-14-7-15-32(26-31)44-36-21-19-30(28-12-5-2-6-13-28)25-34(36)40-38(44)17-9-23-42-40/h1-26H. The molecule has 4 nitrogen and oxygen atoms in total. The molecule has 0 atom stereocenters. The molecule has 4 heterocycles. The van der Waals surface area contributed by atoms with Crippen LogP contribution in [0.15, 0.2) is 158 Å². The van der Waals surface area contributed by atoms with E-state index < -0.39 is 0 Å². The minimum absolute atomic E-state index is 1.00. The van der Waals surface area contributed by atoms with Gasteiger partial charge in [0.05, 0.1) is 33.1 Å². The molecule has 0 saturated carbocycles. The molecule has 0 aliphatic carbocycles. The second-order valence-corrected chi connectivity index (χ2v) is 11.1. The molecular weight excluding hydrogens is 536 g/mol. The lowest BCUT2D eigenvalue weighted by molar-refractivity contribution is 1.13. The Kier molecular flexibility index (Phi) is 5.47. The summed E-state index contributed by atoms with van der Waals surface area (Å²) in [6.07, 6.45) is 3.76. The minimum Gasteiger partial charge on any atom is -0.308 e. The second kappa shape index (κ2) is 9.79. The fraction of sp³-hybridized carbons (Fsp3) is 0. The molecule has 0 unspecified atom stereocenters. The van der Waals surface area contributed by atoms with E-state index in [9.17, 15) is 0 Å². The van der Waals surface area contributed by atoms with Gasteiger partial charge in [0.15, 0.2) is 0 Å². The summed E-state index contributed by atoms with van der Waals surface area (Å²) >= 11 is 0. The Morgan fingerprint density at radius 2 is 0.818 bits per heavy atom. The van der Waals surface area contributed by atoms with Crippen molar-refractivity contribution in [3.05, 3.63) is 158 Å². The molecule has 0 amide bonds. The van der Waals surface area contributed by atoms with Gasteiger partial charge in [0.25, 0.3) is 0 Å². The number of rotatable bonds is 4. The van der Waals surface area contributed by atoms with E-state index in [0.29, 0.717) is 0 Å². The maximum Gasteiger partial charge on any atom is 0.0963 e. The summed E-state index contributed by atoms with van der Waals surface area (Å²) < 4.78 is 4.66. The van der Waals surface area contributed by atoms with Crippen molar-refractivity contribution in [2.45, 2.75) is 0 Å². The first kappa shape index (κ1) is 24.6. The van der Waals surface area contributed by atoms with E-state index >= 15 is 0 Å². The molecule has 4 aromatic heterocycles. The first-order valence-electron chi connectivity index (χ1n) is 14.8. The molecule has 0 aliphatic heterocycles. The quantitative estimate of drug-likeness (QED) is 0.214. The van der Waals surface area contributed by atoms with Crippen LogP contribution in [0.2, 0.25) is 0 Å². The van der Waals surface area contributed by atoms with Gasteiger partial charge in [0, 0.05) is 34.5 Å². The van der Waals surface area contributed by atoms with Crippen LogP contribution in [-0.2, 0) is 0 Å². The molecule has 44 heavy (non-hydrogen) atoms. The van der Waals surface area contributed by atoms with E-state index in [1.807, 2.05) is 24.5 Å². The average Bonchev–Trinajstić information content (AvgIpc) is 3.61. The van der Waals surface area contributed by atoms with Crippen LogP contribution in [0.25, 0.3) is 77.5 Å². The van der Waals surface area contributed by atoms with Crippen molar-refractivity contribution in [3.8, 4) is 33.6 Å². The SMILES string of the molecule is c1ccc(-c2ccc3c(c2)c2ncccc2n3-c2cccc(-n3c4ccc(-c5ccccc5)cc4c4ncccc43)c2)cc1. The van der Waals surface area contributed by atoms with Crippen LogP contribution in [0.4, 0.5) is 0 Å². The topological polar surface area (TPSA) is 35.6 Å². The molecule has 5 aromatic carbocycles. The predicted molar refractivity (Wildman–Crippen MR) is 182 cm³/mol. The third kappa shape index (κ3) is 3.78. The third-order valence-corrected chi connectivity index (χ3v) is 8.60. The molecule has 4 heteroatoms. The highest BCUT2D eigenvalue weighted by Gasteiger charge is 2.17. The molecule has 206 valence electrons. The van der Waals surface area contributed by atoms with Crippen molar-refractivity contribution in [2.75, 3.05) is 0 Å².